The fourth-order valence-electron chi connectivity index (χ4n) is 2.37. The van der Waals surface area contributed by atoms with Crippen molar-refractivity contribution in [1.29, 1.82) is 0 Å². The number of hydrogen-bond acceptors (Lipinski definition) is 1. The molecule has 18 heavy (non-hydrogen) atoms. The van der Waals surface area contributed by atoms with E-state index in [1.54, 1.807) is 12.3 Å². The third kappa shape index (κ3) is 1.51. The van der Waals surface area contributed by atoms with Crippen LogP contribution in [0.15, 0.2) is 42.6 Å². The highest BCUT2D eigenvalue weighted by molar-refractivity contribution is 5.97. The second kappa shape index (κ2) is 3.95. The number of benzene rings is 1. The van der Waals surface area contributed by atoms with Gasteiger partial charge < -0.3 is 5.11 Å². The quantitative estimate of drug-likeness (QED) is 0.515. The summed E-state index contributed by atoms with van der Waals surface area (Å²) in [6, 6.07) is 10.3. The average molecular weight is 242 g/mol. The van der Waals surface area contributed by atoms with E-state index in [9.17, 15) is 9.50 Å². The summed E-state index contributed by atoms with van der Waals surface area (Å²) in [6.07, 6.45) is 2.54. The largest absolute Gasteiger partial charge is 0.502 e. The summed E-state index contributed by atoms with van der Waals surface area (Å²) < 4.78 is 15.3. The summed E-state index contributed by atoms with van der Waals surface area (Å²) in [5.41, 5.74) is 1.98. The van der Waals surface area contributed by atoms with Crippen molar-refractivity contribution in [1.82, 2.24) is 0 Å². The Bertz CT molecular complexity index is 752. The third-order valence-electron chi connectivity index (χ3n) is 3.26. The van der Waals surface area contributed by atoms with E-state index >= 15 is 0 Å². The first-order valence-corrected chi connectivity index (χ1v) is 5.95. The van der Waals surface area contributed by atoms with Crippen LogP contribution in [0.3, 0.4) is 0 Å². The Balaban J connectivity index is 2.56. The number of aromatic hydroxyl groups is 1. The molecule has 3 heteroatoms. The smallest absolute Gasteiger partial charge is 0.219 e. The molecule has 1 aromatic carbocycles. The van der Waals surface area contributed by atoms with Gasteiger partial charge in [-0.3, -0.25) is 0 Å². The van der Waals surface area contributed by atoms with E-state index in [1.807, 2.05) is 22.6 Å². The molecule has 0 bridgehead atoms. The van der Waals surface area contributed by atoms with Crippen LogP contribution in [-0.2, 0) is 6.42 Å². The summed E-state index contributed by atoms with van der Waals surface area (Å²) in [7, 11) is 0. The van der Waals surface area contributed by atoms with Gasteiger partial charge in [-0.25, -0.2) is 4.39 Å². The molecular weight excluding hydrogens is 229 g/mol. The molecule has 0 fully saturated rings. The summed E-state index contributed by atoms with van der Waals surface area (Å²) in [5, 5.41) is 11.4. The number of aromatic nitrogens is 1. The van der Waals surface area contributed by atoms with Crippen LogP contribution in [0.1, 0.15) is 12.6 Å². The van der Waals surface area contributed by atoms with Crippen LogP contribution in [0, 0.1) is 5.82 Å². The lowest BCUT2D eigenvalue weighted by Crippen LogP contribution is -2.26. The minimum absolute atomic E-state index is 0.170. The van der Waals surface area contributed by atoms with E-state index in [-0.39, 0.29) is 11.6 Å². The molecule has 0 saturated carbocycles. The van der Waals surface area contributed by atoms with E-state index in [4.69, 9.17) is 0 Å². The van der Waals surface area contributed by atoms with Gasteiger partial charge in [0.2, 0.25) is 11.7 Å². The van der Waals surface area contributed by atoms with Crippen LogP contribution < -0.4 is 4.40 Å². The highest BCUT2D eigenvalue weighted by atomic mass is 19.1. The minimum atomic E-state index is -0.295. The highest BCUT2D eigenvalue weighted by Crippen LogP contribution is 2.26. The standard InChI is InChI=1S/C15H12FNO/c1-2-11-4-3-5-14-13-8-10(16)6-7-12(13)15(18)9-17(11)14/h3-9H,2H2,1H3/p+1. The first kappa shape index (κ1) is 11.0. The van der Waals surface area contributed by atoms with Crippen LogP contribution in [0.2, 0.25) is 0 Å². The van der Waals surface area contributed by atoms with Crippen LogP contribution in [0.5, 0.6) is 5.75 Å². The van der Waals surface area contributed by atoms with Gasteiger partial charge in [-0.15, -0.1) is 0 Å². The highest BCUT2D eigenvalue weighted by Gasteiger charge is 2.15. The Morgan fingerprint density at radius 3 is 2.78 bits per heavy atom. The van der Waals surface area contributed by atoms with Crippen LogP contribution in [-0.4, -0.2) is 5.11 Å². The number of aryl methyl sites for hydroxylation is 1. The van der Waals surface area contributed by atoms with Gasteiger partial charge in [0.25, 0.3) is 0 Å². The Morgan fingerprint density at radius 1 is 1.17 bits per heavy atom. The summed E-state index contributed by atoms with van der Waals surface area (Å²) in [5.74, 6) is -0.125. The van der Waals surface area contributed by atoms with Crippen molar-refractivity contribution >= 4 is 16.3 Å². The second-order valence-electron chi connectivity index (χ2n) is 4.33. The molecule has 2 aromatic heterocycles. The molecule has 0 atom stereocenters. The Hall–Kier alpha value is -2.16. The zero-order valence-electron chi connectivity index (χ0n) is 10.0. The predicted molar refractivity (Wildman–Crippen MR) is 68.1 cm³/mol. The van der Waals surface area contributed by atoms with E-state index in [0.29, 0.717) is 5.39 Å². The van der Waals surface area contributed by atoms with Gasteiger partial charge in [0.1, 0.15) is 5.82 Å². The molecular formula is C15H13FNO+. The van der Waals surface area contributed by atoms with Gasteiger partial charge in [0.15, 0.2) is 11.4 Å². The molecule has 0 saturated heterocycles. The normalized spacial score (nSPS) is 11.2. The van der Waals surface area contributed by atoms with Crippen molar-refractivity contribution < 1.29 is 13.9 Å². The monoisotopic (exact) mass is 242 g/mol. The van der Waals surface area contributed by atoms with Crippen molar-refractivity contribution in [2.75, 3.05) is 0 Å². The maximum absolute atomic E-state index is 13.4. The van der Waals surface area contributed by atoms with Crippen molar-refractivity contribution in [3.05, 3.63) is 54.1 Å². The molecule has 0 aliphatic carbocycles. The number of nitrogens with zero attached hydrogens (tertiary/aromatic N) is 1. The average Bonchev–Trinajstić information content (AvgIpc) is 2.38. The van der Waals surface area contributed by atoms with Crippen molar-refractivity contribution in [3.8, 4) is 5.75 Å². The Kier molecular flexibility index (Phi) is 2.40. The maximum Gasteiger partial charge on any atom is 0.219 e. The van der Waals surface area contributed by atoms with Crippen molar-refractivity contribution in [3.63, 3.8) is 0 Å². The molecule has 3 aromatic rings. The number of rotatable bonds is 1. The lowest BCUT2D eigenvalue weighted by Gasteiger charge is -2.03. The second-order valence-corrected chi connectivity index (χ2v) is 4.33. The van der Waals surface area contributed by atoms with Gasteiger partial charge >= 0.3 is 0 Å². The predicted octanol–water partition coefficient (Wildman–Crippen LogP) is 2.99. The van der Waals surface area contributed by atoms with Crippen LogP contribution >= 0.6 is 0 Å². The summed E-state index contributed by atoms with van der Waals surface area (Å²) >= 11 is 0. The van der Waals surface area contributed by atoms with E-state index in [2.05, 4.69) is 6.92 Å². The summed E-state index contributed by atoms with van der Waals surface area (Å²) in [6.45, 7) is 2.05. The van der Waals surface area contributed by atoms with E-state index in [0.717, 1.165) is 23.0 Å². The van der Waals surface area contributed by atoms with Crippen molar-refractivity contribution in [2.24, 2.45) is 0 Å². The minimum Gasteiger partial charge on any atom is -0.502 e. The third-order valence-corrected chi connectivity index (χ3v) is 3.26. The molecule has 2 nitrogen and oxygen atoms in total. The van der Waals surface area contributed by atoms with E-state index in [1.165, 1.54) is 12.1 Å². The van der Waals surface area contributed by atoms with E-state index < -0.39 is 0 Å². The number of fused-ring (bicyclic) bond motifs is 3. The first-order chi connectivity index (χ1) is 8.70. The van der Waals surface area contributed by atoms with Gasteiger partial charge in [0, 0.05) is 23.9 Å². The van der Waals surface area contributed by atoms with Crippen LogP contribution in [0.25, 0.3) is 16.3 Å². The molecule has 0 spiro atoms. The van der Waals surface area contributed by atoms with Crippen LogP contribution in [0.4, 0.5) is 4.39 Å². The SMILES string of the molecule is CCc1cccc2c3cc(F)ccc3c(O)c[n+]12. The molecule has 0 amide bonds. The van der Waals surface area contributed by atoms with Gasteiger partial charge in [-0.2, -0.15) is 4.40 Å². The van der Waals surface area contributed by atoms with Gasteiger partial charge in [-0.05, 0) is 24.3 Å². The number of pyridine rings is 2. The molecule has 0 radical (unpaired) electrons. The number of hydrogen-bond donors (Lipinski definition) is 1. The molecule has 0 aliphatic heterocycles. The van der Waals surface area contributed by atoms with Gasteiger partial charge in [-0.1, -0.05) is 6.92 Å². The molecule has 0 aliphatic rings. The molecule has 2 heterocycles. The number of halogens is 1. The molecule has 0 unspecified atom stereocenters. The van der Waals surface area contributed by atoms with Crippen molar-refractivity contribution in [2.45, 2.75) is 13.3 Å². The zero-order chi connectivity index (χ0) is 12.7. The molecule has 1 N–H and O–H groups in total. The summed E-state index contributed by atoms with van der Waals surface area (Å²) in [4.78, 5) is 0. The first-order valence-electron chi connectivity index (χ1n) is 5.95. The molecule has 3 rings (SSSR count). The fourth-order valence-corrected chi connectivity index (χ4v) is 2.37. The zero-order valence-corrected chi connectivity index (χ0v) is 10.0. The maximum atomic E-state index is 13.4. The fraction of sp³-hybridized carbons (Fsp3) is 0.133. The lowest BCUT2D eigenvalue weighted by molar-refractivity contribution is -0.521. The lowest BCUT2D eigenvalue weighted by atomic mass is 10.1. The topological polar surface area (TPSA) is 24.3 Å². The van der Waals surface area contributed by atoms with Gasteiger partial charge in [0.05, 0.1) is 5.39 Å². The molecule has 90 valence electrons. The Labute approximate surface area is 104 Å². The Morgan fingerprint density at radius 2 is 2.00 bits per heavy atom.